The van der Waals surface area contributed by atoms with Gasteiger partial charge >= 0.3 is 0 Å². The fraction of sp³-hybridized carbons (Fsp3) is 0.533. The Kier molecular flexibility index (Phi) is 3.83. The second-order valence-electron chi connectivity index (χ2n) is 6.53. The number of fused-ring (bicyclic) bond motifs is 1. The van der Waals surface area contributed by atoms with Crippen molar-refractivity contribution in [3.8, 4) is 0 Å². The number of benzene rings is 1. The summed E-state index contributed by atoms with van der Waals surface area (Å²) in [5.74, 6) is 0.957. The number of nitrogens with zero attached hydrogens (tertiary/aromatic N) is 1. The van der Waals surface area contributed by atoms with Crippen LogP contribution in [0.3, 0.4) is 0 Å². The average molecular weight is 276 g/mol. The van der Waals surface area contributed by atoms with Gasteiger partial charge in [-0.15, -0.1) is 0 Å². The number of H-pyrrole nitrogens is 1. The van der Waals surface area contributed by atoms with Crippen LogP contribution >= 0.6 is 0 Å². The Labute approximate surface area is 117 Å². The molecule has 0 saturated heterocycles. The molecule has 1 heterocycles. The van der Waals surface area contributed by atoms with Gasteiger partial charge in [-0.05, 0) is 43.1 Å². The molecule has 104 valence electrons. The van der Waals surface area contributed by atoms with Crippen LogP contribution < -0.4 is 0 Å². The molecule has 0 amide bonds. The molecule has 1 aromatic carbocycles. The molecule has 19 heavy (non-hydrogen) atoms. The van der Waals surface area contributed by atoms with E-state index in [9.17, 15) is 0 Å². The molecule has 4 heteroatoms. The molecule has 0 bridgehead atoms. The lowest BCUT2D eigenvalue weighted by atomic mass is 9.85. The van der Waals surface area contributed by atoms with Crippen LogP contribution in [0.15, 0.2) is 18.2 Å². The summed E-state index contributed by atoms with van der Waals surface area (Å²) in [5, 5.41) is 0. The summed E-state index contributed by atoms with van der Waals surface area (Å²) >= 11 is 0. The minimum absolute atomic E-state index is 0.0936. The molecule has 0 aliphatic carbocycles. The van der Waals surface area contributed by atoms with Crippen LogP contribution in [0.25, 0.3) is 11.0 Å². The third-order valence-electron chi connectivity index (χ3n) is 3.12. The predicted molar refractivity (Wildman–Crippen MR) is 83.0 cm³/mol. The number of aromatic amines is 1. The van der Waals surface area contributed by atoms with Crippen molar-refractivity contribution in [2.45, 2.75) is 46.9 Å². The minimum Gasteiger partial charge on any atom is -0.413 e. The Morgan fingerprint density at radius 2 is 1.95 bits per heavy atom. The molecule has 2 aromatic rings. The van der Waals surface area contributed by atoms with E-state index in [1.165, 1.54) is 5.56 Å². The molecular formula is C15H24N2OSi. The van der Waals surface area contributed by atoms with Gasteiger partial charge in [0.25, 0.3) is 0 Å². The molecule has 3 nitrogen and oxygen atoms in total. The Morgan fingerprint density at radius 3 is 2.53 bits per heavy atom. The number of aryl methyl sites for hydroxylation is 1. The first kappa shape index (κ1) is 14.3. The molecule has 0 fully saturated rings. The van der Waals surface area contributed by atoms with Gasteiger partial charge in [-0.3, -0.25) is 0 Å². The van der Waals surface area contributed by atoms with Gasteiger partial charge in [-0.2, -0.15) is 0 Å². The Bertz CT molecular complexity index is 569. The van der Waals surface area contributed by atoms with Gasteiger partial charge in [0.05, 0.1) is 17.1 Å². The van der Waals surface area contributed by atoms with Crippen molar-refractivity contribution in [2.24, 2.45) is 5.41 Å². The number of hydrogen-bond acceptors (Lipinski definition) is 2. The van der Waals surface area contributed by atoms with Crippen molar-refractivity contribution in [2.75, 3.05) is 0 Å². The van der Waals surface area contributed by atoms with E-state index >= 15 is 0 Å². The third kappa shape index (κ3) is 3.25. The highest BCUT2D eigenvalue weighted by Gasteiger charge is 2.28. The highest BCUT2D eigenvalue weighted by Crippen LogP contribution is 2.37. The van der Waals surface area contributed by atoms with Gasteiger partial charge in [-0.1, -0.05) is 26.8 Å². The number of nitrogens with one attached hydrogen (secondary N) is 1. The van der Waals surface area contributed by atoms with Gasteiger partial charge in [0.2, 0.25) is 0 Å². The first-order valence-corrected chi connectivity index (χ1v) is 9.67. The Balaban J connectivity index is 2.43. The third-order valence-corrected chi connectivity index (χ3v) is 3.94. The minimum atomic E-state index is -1.08. The van der Waals surface area contributed by atoms with Gasteiger partial charge in [0.15, 0.2) is 9.04 Å². The van der Waals surface area contributed by atoms with Crippen LogP contribution in [-0.2, 0) is 4.43 Å². The maximum Gasteiger partial charge on any atom is 0.171 e. The SMILES string of the molecule is Cc1nc2cc(C(O[SiH](C)C)C(C)(C)C)ccc2[nH]1. The smallest absolute Gasteiger partial charge is 0.171 e. The molecule has 0 aliphatic rings. The van der Waals surface area contributed by atoms with Crippen molar-refractivity contribution < 1.29 is 4.43 Å². The molecule has 1 atom stereocenters. The topological polar surface area (TPSA) is 37.9 Å². The van der Waals surface area contributed by atoms with Gasteiger partial charge < -0.3 is 9.41 Å². The highest BCUT2D eigenvalue weighted by atomic mass is 28.3. The monoisotopic (exact) mass is 276 g/mol. The largest absolute Gasteiger partial charge is 0.413 e. The van der Waals surface area contributed by atoms with E-state index < -0.39 is 9.04 Å². The summed E-state index contributed by atoms with van der Waals surface area (Å²) in [6.45, 7) is 13.1. The van der Waals surface area contributed by atoms with Crippen LogP contribution in [0.4, 0.5) is 0 Å². The van der Waals surface area contributed by atoms with Gasteiger partial charge in [0, 0.05) is 0 Å². The van der Waals surface area contributed by atoms with Crippen molar-refractivity contribution in [3.05, 3.63) is 29.6 Å². The first-order valence-electron chi connectivity index (χ1n) is 6.89. The molecule has 1 aromatic heterocycles. The van der Waals surface area contributed by atoms with E-state index in [1.807, 2.05) is 6.92 Å². The zero-order valence-corrected chi connectivity index (χ0v) is 13.9. The standard InChI is InChI=1S/C15H24N2OSi/c1-10-16-12-8-7-11(9-13(12)17-10)14(15(2,3)4)18-19(5)6/h7-9,14,19H,1-6H3,(H,16,17). The van der Waals surface area contributed by atoms with E-state index in [4.69, 9.17) is 4.43 Å². The molecule has 0 aliphatic heterocycles. The van der Waals surface area contributed by atoms with Crippen LogP contribution in [0.2, 0.25) is 13.1 Å². The fourth-order valence-electron chi connectivity index (χ4n) is 2.37. The first-order chi connectivity index (χ1) is 8.77. The normalized spacial score (nSPS) is 14.3. The summed E-state index contributed by atoms with van der Waals surface area (Å²) in [5.41, 5.74) is 3.44. The second kappa shape index (κ2) is 5.10. The molecule has 0 spiro atoms. The Morgan fingerprint density at radius 1 is 1.26 bits per heavy atom. The van der Waals surface area contributed by atoms with Crippen molar-refractivity contribution in [1.82, 2.24) is 9.97 Å². The maximum atomic E-state index is 6.26. The summed E-state index contributed by atoms with van der Waals surface area (Å²) < 4.78 is 6.26. The molecule has 0 radical (unpaired) electrons. The lowest BCUT2D eigenvalue weighted by Gasteiger charge is -2.33. The fourth-order valence-corrected chi connectivity index (χ4v) is 3.48. The highest BCUT2D eigenvalue weighted by molar-refractivity contribution is 6.48. The number of hydrogen-bond donors (Lipinski definition) is 1. The lowest BCUT2D eigenvalue weighted by molar-refractivity contribution is 0.0867. The second-order valence-corrected chi connectivity index (χ2v) is 8.90. The maximum absolute atomic E-state index is 6.26. The number of rotatable bonds is 3. The zero-order valence-electron chi connectivity index (χ0n) is 12.7. The van der Waals surface area contributed by atoms with Crippen LogP contribution in [0, 0.1) is 12.3 Å². The summed E-state index contributed by atoms with van der Waals surface area (Å²) in [6.07, 6.45) is 0.139. The van der Waals surface area contributed by atoms with E-state index in [2.05, 4.69) is 62.0 Å². The van der Waals surface area contributed by atoms with E-state index in [-0.39, 0.29) is 11.5 Å². The zero-order chi connectivity index (χ0) is 14.2. The van der Waals surface area contributed by atoms with Crippen molar-refractivity contribution in [1.29, 1.82) is 0 Å². The summed E-state index contributed by atoms with van der Waals surface area (Å²) in [7, 11) is -1.08. The predicted octanol–water partition coefficient (Wildman–Crippen LogP) is 3.96. The molecule has 1 N–H and O–H groups in total. The van der Waals surface area contributed by atoms with Crippen LogP contribution in [-0.4, -0.2) is 19.0 Å². The van der Waals surface area contributed by atoms with E-state index in [0.29, 0.717) is 0 Å². The van der Waals surface area contributed by atoms with Gasteiger partial charge in [-0.25, -0.2) is 4.98 Å². The Hall–Kier alpha value is -1.13. The van der Waals surface area contributed by atoms with Crippen LogP contribution in [0.1, 0.15) is 38.3 Å². The van der Waals surface area contributed by atoms with Crippen LogP contribution in [0.5, 0.6) is 0 Å². The van der Waals surface area contributed by atoms with Crippen molar-refractivity contribution >= 4 is 20.1 Å². The lowest BCUT2D eigenvalue weighted by Crippen LogP contribution is -2.25. The average Bonchev–Trinajstić information content (AvgIpc) is 2.63. The number of aromatic nitrogens is 2. The molecule has 1 unspecified atom stereocenters. The number of imidazole rings is 1. The quantitative estimate of drug-likeness (QED) is 0.862. The van der Waals surface area contributed by atoms with Crippen molar-refractivity contribution in [3.63, 3.8) is 0 Å². The van der Waals surface area contributed by atoms with E-state index in [0.717, 1.165) is 16.9 Å². The molecule has 2 rings (SSSR count). The summed E-state index contributed by atoms with van der Waals surface area (Å²) in [4.78, 5) is 7.78. The summed E-state index contributed by atoms with van der Waals surface area (Å²) in [6, 6.07) is 6.42. The molecule has 0 saturated carbocycles. The van der Waals surface area contributed by atoms with Gasteiger partial charge in [0.1, 0.15) is 5.82 Å². The molecular weight excluding hydrogens is 252 g/mol. The van der Waals surface area contributed by atoms with E-state index in [1.54, 1.807) is 0 Å².